The van der Waals surface area contributed by atoms with Gasteiger partial charge in [0.05, 0.1) is 7.11 Å². The highest BCUT2D eigenvalue weighted by Gasteiger charge is 1.97. The van der Waals surface area contributed by atoms with E-state index in [4.69, 9.17) is 4.74 Å². The first-order valence-electron chi connectivity index (χ1n) is 3.51. The first-order chi connectivity index (χ1) is 5.31. The second-order valence-corrected chi connectivity index (χ2v) is 2.82. The quantitative estimate of drug-likeness (QED) is 0.389. The number of esters is 1. The molecule has 0 amide bonds. The maximum atomic E-state index is 10.5. The minimum absolute atomic E-state index is 0.0682. The van der Waals surface area contributed by atoms with Gasteiger partial charge in [-0.25, -0.2) is 4.79 Å². The smallest absolute Gasteiger partial charge is 0.331 e. The summed E-state index contributed by atoms with van der Waals surface area (Å²) in [5, 5.41) is 0.981. The third-order valence-electron chi connectivity index (χ3n) is 1.12. The van der Waals surface area contributed by atoms with Crippen molar-refractivity contribution in [3.63, 3.8) is 0 Å². The Bertz CT molecular complexity index is 106. The molecule has 0 radical (unpaired) electrons. The van der Waals surface area contributed by atoms with Gasteiger partial charge >= 0.3 is 5.97 Å². The Balaban J connectivity index is 2.95. The molecule has 0 rings (SSSR count). The molecule has 0 heterocycles. The monoisotopic (exact) mass is 224 g/mol. The lowest BCUT2D eigenvalue weighted by Crippen LogP contribution is -2.10. The number of unbranched alkanes of at least 4 members (excludes halogenated alkanes) is 1. The molecular formula is C7H13BrO3. The molecule has 0 N–H and O–H groups in total. The van der Waals surface area contributed by atoms with Gasteiger partial charge in [0.25, 0.3) is 0 Å². The van der Waals surface area contributed by atoms with Crippen LogP contribution in [0.15, 0.2) is 0 Å². The number of alkyl halides is 1. The Morgan fingerprint density at radius 2 is 2.18 bits per heavy atom. The van der Waals surface area contributed by atoms with Crippen molar-refractivity contribution >= 4 is 21.9 Å². The van der Waals surface area contributed by atoms with Crippen LogP contribution in [-0.4, -0.2) is 31.6 Å². The highest BCUT2D eigenvalue weighted by Crippen LogP contribution is 1.94. The zero-order valence-electron chi connectivity index (χ0n) is 6.64. The number of hydrogen-bond acceptors (Lipinski definition) is 3. The van der Waals surface area contributed by atoms with Crippen molar-refractivity contribution in [3.05, 3.63) is 0 Å². The van der Waals surface area contributed by atoms with Crippen LogP contribution in [-0.2, 0) is 14.3 Å². The molecule has 66 valence electrons. The molecule has 0 aromatic carbocycles. The van der Waals surface area contributed by atoms with Gasteiger partial charge in [0.2, 0.25) is 0 Å². The van der Waals surface area contributed by atoms with Gasteiger partial charge in [0.1, 0.15) is 6.61 Å². The Hall–Kier alpha value is -0.0900. The fourth-order valence-electron chi connectivity index (χ4n) is 0.513. The summed E-state index contributed by atoms with van der Waals surface area (Å²) < 4.78 is 9.38. The first-order valence-corrected chi connectivity index (χ1v) is 4.64. The summed E-state index contributed by atoms with van der Waals surface area (Å²) in [5.74, 6) is -0.316. The molecule has 0 fully saturated rings. The molecule has 0 spiro atoms. The fraction of sp³-hybridized carbons (Fsp3) is 0.857. The Labute approximate surface area is 75.2 Å². The predicted octanol–water partition coefficient (Wildman–Crippen LogP) is 1.35. The average molecular weight is 225 g/mol. The zero-order chi connectivity index (χ0) is 8.53. The third kappa shape index (κ3) is 7.81. The summed E-state index contributed by atoms with van der Waals surface area (Å²) in [6, 6.07) is 0. The third-order valence-corrected chi connectivity index (χ3v) is 1.68. The number of hydrogen-bond donors (Lipinski definition) is 0. The van der Waals surface area contributed by atoms with Crippen LogP contribution in [0.3, 0.4) is 0 Å². The van der Waals surface area contributed by atoms with Crippen LogP contribution in [0.2, 0.25) is 0 Å². The minimum Gasteiger partial charge on any atom is -0.467 e. The molecule has 0 unspecified atom stereocenters. The highest BCUT2D eigenvalue weighted by molar-refractivity contribution is 9.09. The summed E-state index contributed by atoms with van der Waals surface area (Å²) in [6.07, 6.45) is 2.05. The van der Waals surface area contributed by atoms with E-state index in [0.717, 1.165) is 18.2 Å². The van der Waals surface area contributed by atoms with Crippen molar-refractivity contribution in [1.82, 2.24) is 0 Å². The largest absolute Gasteiger partial charge is 0.467 e. The molecule has 0 aliphatic rings. The second kappa shape index (κ2) is 8.01. The first kappa shape index (κ1) is 10.9. The number of methoxy groups -OCH3 is 1. The van der Waals surface area contributed by atoms with E-state index in [2.05, 4.69) is 20.7 Å². The minimum atomic E-state index is -0.316. The van der Waals surface area contributed by atoms with E-state index < -0.39 is 0 Å². The van der Waals surface area contributed by atoms with Crippen LogP contribution < -0.4 is 0 Å². The molecule has 11 heavy (non-hydrogen) atoms. The van der Waals surface area contributed by atoms with Gasteiger partial charge in [-0.1, -0.05) is 15.9 Å². The standard InChI is InChI=1S/C7H13BrO3/c1-10-7(9)6-11-5-3-2-4-8/h2-6H2,1H3. The SMILES string of the molecule is COC(=O)COCCCCBr. The Morgan fingerprint density at radius 1 is 1.45 bits per heavy atom. The highest BCUT2D eigenvalue weighted by atomic mass is 79.9. The number of halogens is 1. The summed E-state index contributed by atoms with van der Waals surface area (Å²) in [4.78, 5) is 10.5. The molecule has 0 atom stereocenters. The molecule has 0 saturated heterocycles. The number of rotatable bonds is 6. The van der Waals surface area contributed by atoms with Crippen molar-refractivity contribution in [2.45, 2.75) is 12.8 Å². The number of carbonyl (C=O) groups is 1. The molecule has 0 aromatic rings. The fourth-order valence-corrected chi connectivity index (χ4v) is 0.910. The Morgan fingerprint density at radius 3 is 2.73 bits per heavy atom. The summed E-state index contributed by atoms with van der Waals surface area (Å²) in [6.45, 7) is 0.694. The van der Waals surface area contributed by atoms with Gasteiger partial charge in [-0.2, -0.15) is 0 Å². The van der Waals surface area contributed by atoms with E-state index in [1.165, 1.54) is 7.11 Å². The molecule has 0 aliphatic carbocycles. The van der Waals surface area contributed by atoms with Crippen molar-refractivity contribution in [2.24, 2.45) is 0 Å². The van der Waals surface area contributed by atoms with E-state index in [9.17, 15) is 4.79 Å². The van der Waals surface area contributed by atoms with Crippen molar-refractivity contribution in [2.75, 3.05) is 25.7 Å². The average Bonchev–Trinajstić information content (AvgIpc) is 2.04. The predicted molar refractivity (Wildman–Crippen MR) is 45.9 cm³/mol. The molecule has 0 aliphatic heterocycles. The van der Waals surface area contributed by atoms with Crippen LogP contribution in [0, 0.1) is 0 Å². The van der Waals surface area contributed by atoms with Crippen LogP contribution >= 0.6 is 15.9 Å². The maximum Gasteiger partial charge on any atom is 0.331 e. The van der Waals surface area contributed by atoms with Crippen LogP contribution in [0.5, 0.6) is 0 Å². The van der Waals surface area contributed by atoms with Crippen molar-refractivity contribution < 1.29 is 14.3 Å². The molecule has 3 nitrogen and oxygen atoms in total. The topological polar surface area (TPSA) is 35.5 Å². The van der Waals surface area contributed by atoms with Gasteiger partial charge < -0.3 is 9.47 Å². The Kier molecular flexibility index (Phi) is 7.95. The molecule has 0 saturated carbocycles. The van der Waals surface area contributed by atoms with E-state index in [1.807, 2.05) is 0 Å². The normalized spacial score (nSPS) is 9.64. The van der Waals surface area contributed by atoms with E-state index in [0.29, 0.717) is 6.61 Å². The van der Waals surface area contributed by atoms with E-state index in [1.54, 1.807) is 0 Å². The maximum absolute atomic E-state index is 10.5. The van der Waals surface area contributed by atoms with Crippen molar-refractivity contribution in [3.8, 4) is 0 Å². The summed E-state index contributed by atoms with van der Waals surface area (Å²) >= 11 is 3.30. The van der Waals surface area contributed by atoms with Gasteiger partial charge in [-0.15, -0.1) is 0 Å². The van der Waals surface area contributed by atoms with E-state index in [-0.39, 0.29) is 12.6 Å². The van der Waals surface area contributed by atoms with Crippen molar-refractivity contribution in [1.29, 1.82) is 0 Å². The van der Waals surface area contributed by atoms with Gasteiger partial charge in [-0.05, 0) is 12.8 Å². The summed E-state index contributed by atoms with van der Waals surface area (Å²) in [5.41, 5.74) is 0. The van der Waals surface area contributed by atoms with Gasteiger partial charge in [-0.3, -0.25) is 0 Å². The molecule has 0 bridgehead atoms. The zero-order valence-corrected chi connectivity index (χ0v) is 8.22. The van der Waals surface area contributed by atoms with Gasteiger partial charge in [0.15, 0.2) is 0 Å². The number of ether oxygens (including phenoxy) is 2. The lowest BCUT2D eigenvalue weighted by Gasteiger charge is -2.00. The van der Waals surface area contributed by atoms with E-state index >= 15 is 0 Å². The molecular weight excluding hydrogens is 212 g/mol. The van der Waals surface area contributed by atoms with Crippen LogP contribution in [0.4, 0.5) is 0 Å². The summed E-state index contributed by atoms with van der Waals surface area (Å²) in [7, 11) is 1.35. The molecule has 4 heteroatoms. The lowest BCUT2D eigenvalue weighted by molar-refractivity contribution is -0.145. The molecule has 0 aromatic heterocycles. The number of carbonyl (C=O) groups excluding carboxylic acids is 1. The van der Waals surface area contributed by atoms with Crippen LogP contribution in [0.25, 0.3) is 0 Å². The van der Waals surface area contributed by atoms with Crippen LogP contribution in [0.1, 0.15) is 12.8 Å². The van der Waals surface area contributed by atoms with Gasteiger partial charge in [0, 0.05) is 11.9 Å². The lowest BCUT2D eigenvalue weighted by atomic mass is 10.4. The second-order valence-electron chi connectivity index (χ2n) is 2.02.